The molecule has 0 unspecified atom stereocenters. The zero-order valence-corrected chi connectivity index (χ0v) is 13.2. The Bertz CT molecular complexity index is 482. The van der Waals surface area contributed by atoms with Crippen LogP contribution in [0.3, 0.4) is 0 Å². The summed E-state index contributed by atoms with van der Waals surface area (Å²) in [6.45, 7) is -0.303. The Balaban J connectivity index is 5.29. The van der Waals surface area contributed by atoms with E-state index in [1.54, 1.807) is 21.1 Å². The summed E-state index contributed by atoms with van der Waals surface area (Å²) in [5, 5.41) is -6.29. The van der Waals surface area contributed by atoms with Crippen LogP contribution in [0.2, 0.25) is 0 Å². The summed E-state index contributed by atoms with van der Waals surface area (Å²) in [5.74, 6) is -6.69. The van der Waals surface area contributed by atoms with Gasteiger partial charge in [0.25, 0.3) is 10.0 Å². The van der Waals surface area contributed by atoms with Crippen molar-refractivity contribution < 1.29 is 43.6 Å². The van der Waals surface area contributed by atoms with Crippen LogP contribution < -0.4 is 0 Å². The number of alkyl halides is 7. The maximum absolute atomic E-state index is 13.3. The highest BCUT2D eigenvalue weighted by Gasteiger charge is 2.79. The Morgan fingerprint density at radius 3 is 1.68 bits per heavy atom. The number of rotatable bonds is 7. The average Bonchev–Trinajstić information content (AvgIpc) is 2.24. The van der Waals surface area contributed by atoms with E-state index in [2.05, 4.69) is 0 Å². The minimum Gasteiger partial charge on any atom is -0.331 e. The van der Waals surface area contributed by atoms with Crippen LogP contribution in [0.1, 0.15) is 6.42 Å². The van der Waals surface area contributed by atoms with Crippen molar-refractivity contribution in [3.63, 3.8) is 0 Å². The molecule has 0 aromatic rings. The zero-order valence-electron chi connectivity index (χ0n) is 12.4. The third kappa shape index (κ3) is 4.22. The zero-order chi connectivity index (χ0) is 18.2. The molecular formula is C10H18F7N2O2S+. The smallest absolute Gasteiger partial charge is 0.331 e. The van der Waals surface area contributed by atoms with E-state index in [1.165, 1.54) is 0 Å². The highest BCUT2D eigenvalue weighted by molar-refractivity contribution is 7.90. The van der Waals surface area contributed by atoms with Crippen molar-refractivity contribution in [2.24, 2.45) is 0 Å². The lowest BCUT2D eigenvalue weighted by atomic mass is 10.3. The standard InChI is InChI=1S/C10H18F7N2O2S/c1-18(6-5-7-19(2,3)4)22(20,21)10(16,17)8(11,12)9(13,14)15/h5-7H2,1-4H3/q+1. The van der Waals surface area contributed by atoms with Crippen molar-refractivity contribution in [1.29, 1.82) is 0 Å². The quantitative estimate of drug-likeness (QED) is 0.513. The molecule has 0 saturated carbocycles. The molecule has 0 radical (unpaired) electrons. The van der Waals surface area contributed by atoms with Crippen LogP contribution >= 0.6 is 0 Å². The maximum atomic E-state index is 13.3. The van der Waals surface area contributed by atoms with Crippen LogP contribution in [0.4, 0.5) is 30.7 Å². The van der Waals surface area contributed by atoms with Crippen molar-refractivity contribution in [1.82, 2.24) is 4.31 Å². The minimum atomic E-state index is -6.69. The summed E-state index contributed by atoms with van der Waals surface area (Å²) < 4.78 is 111. The van der Waals surface area contributed by atoms with E-state index in [0.29, 0.717) is 18.1 Å². The number of halogens is 7. The van der Waals surface area contributed by atoms with Gasteiger partial charge in [-0.25, -0.2) is 8.42 Å². The van der Waals surface area contributed by atoms with Gasteiger partial charge in [0.15, 0.2) is 0 Å². The molecule has 0 rings (SSSR count). The molecule has 0 aromatic carbocycles. The second-order valence-electron chi connectivity index (χ2n) is 5.78. The van der Waals surface area contributed by atoms with Crippen LogP contribution in [0.5, 0.6) is 0 Å². The first-order chi connectivity index (χ1) is 9.38. The highest BCUT2D eigenvalue weighted by Crippen LogP contribution is 2.49. The lowest BCUT2D eigenvalue weighted by Gasteiger charge is -2.31. The molecule has 0 fully saturated rings. The van der Waals surface area contributed by atoms with Crippen molar-refractivity contribution in [3.8, 4) is 0 Å². The molecule has 0 N–H and O–H groups in total. The van der Waals surface area contributed by atoms with Crippen LogP contribution in [0.15, 0.2) is 0 Å². The Kier molecular flexibility index (Phi) is 5.94. The van der Waals surface area contributed by atoms with E-state index in [0.717, 1.165) is 0 Å². The summed E-state index contributed by atoms with van der Waals surface area (Å²) >= 11 is 0. The molecule has 0 spiro atoms. The number of sulfonamides is 1. The van der Waals surface area contributed by atoms with E-state index in [-0.39, 0.29) is 10.7 Å². The fourth-order valence-corrected chi connectivity index (χ4v) is 2.61. The van der Waals surface area contributed by atoms with Gasteiger partial charge in [-0.2, -0.15) is 35.0 Å². The van der Waals surface area contributed by atoms with Crippen molar-refractivity contribution in [3.05, 3.63) is 0 Å². The molecular weight excluding hydrogens is 345 g/mol. The number of nitrogens with zero attached hydrogens (tertiary/aromatic N) is 2. The van der Waals surface area contributed by atoms with Gasteiger partial charge in [0, 0.05) is 20.0 Å². The monoisotopic (exact) mass is 363 g/mol. The Morgan fingerprint density at radius 2 is 1.36 bits per heavy atom. The van der Waals surface area contributed by atoms with E-state index < -0.39 is 33.9 Å². The molecule has 12 heteroatoms. The van der Waals surface area contributed by atoms with E-state index in [1.807, 2.05) is 0 Å². The predicted molar refractivity (Wildman–Crippen MR) is 65.0 cm³/mol. The number of quaternary nitrogens is 1. The lowest BCUT2D eigenvalue weighted by molar-refractivity contribution is -0.870. The summed E-state index contributed by atoms with van der Waals surface area (Å²) in [6.07, 6.45) is -6.68. The fourth-order valence-electron chi connectivity index (χ4n) is 1.41. The van der Waals surface area contributed by atoms with Gasteiger partial charge in [0.1, 0.15) is 0 Å². The Labute approximate surface area is 124 Å². The van der Waals surface area contributed by atoms with Crippen molar-refractivity contribution in [2.45, 2.75) is 23.8 Å². The number of hydrogen-bond donors (Lipinski definition) is 0. The minimum absolute atomic E-state index is 0.00684. The molecule has 134 valence electrons. The summed E-state index contributed by atoms with van der Waals surface area (Å²) in [5.41, 5.74) is 0. The van der Waals surface area contributed by atoms with Crippen molar-refractivity contribution in [2.75, 3.05) is 41.3 Å². The molecule has 0 aliphatic carbocycles. The van der Waals surface area contributed by atoms with Crippen molar-refractivity contribution >= 4 is 10.0 Å². The lowest BCUT2D eigenvalue weighted by Crippen LogP contribution is -2.59. The van der Waals surface area contributed by atoms with Crippen LogP contribution in [-0.2, 0) is 10.0 Å². The van der Waals surface area contributed by atoms with Gasteiger partial charge < -0.3 is 4.48 Å². The molecule has 0 aliphatic rings. The van der Waals surface area contributed by atoms with Crippen LogP contribution in [0, 0.1) is 0 Å². The topological polar surface area (TPSA) is 37.4 Å². The SMILES string of the molecule is CN(CCC[N+](C)(C)C)S(=O)(=O)C(F)(F)C(F)(F)C(F)(F)F. The van der Waals surface area contributed by atoms with Gasteiger partial charge in [-0.05, 0) is 0 Å². The third-order valence-electron chi connectivity index (χ3n) is 2.76. The molecule has 0 heterocycles. The maximum Gasteiger partial charge on any atom is 0.461 e. The fraction of sp³-hybridized carbons (Fsp3) is 1.00. The second kappa shape index (κ2) is 6.11. The van der Waals surface area contributed by atoms with Gasteiger partial charge in [0.2, 0.25) is 0 Å². The first kappa shape index (κ1) is 21.4. The molecule has 4 nitrogen and oxygen atoms in total. The third-order valence-corrected chi connectivity index (χ3v) is 4.67. The Hall–Kier alpha value is -0.620. The van der Waals surface area contributed by atoms with E-state index in [4.69, 9.17) is 0 Å². The number of hydrogen-bond acceptors (Lipinski definition) is 2. The first-order valence-corrected chi connectivity index (χ1v) is 7.40. The average molecular weight is 363 g/mol. The predicted octanol–water partition coefficient (Wildman–Crippen LogP) is 2.13. The second-order valence-corrected chi connectivity index (χ2v) is 7.87. The normalized spacial score (nSPS) is 15.5. The largest absolute Gasteiger partial charge is 0.461 e. The molecule has 0 aliphatic heterocycles. The molecule has 0 amide bonds. The molecule has 0 bridgehead atoms. The van der Waals surface area contributed by atoms with Gasteiger partial charge in [0.05, 0.1) is 27.7 Å². The molecule has 0 aromatic heterocycles. The molecule has 0 atom stereocenters. The first-order valence-electron chi connectivity index (χ1n) is 5.96. The van der Waals surface area contributed by atoms with E-state index >= 15 is 0 Å². The van der Waals surface area contributed by atoms with E-state index in [9.17, 15) is 39.2 Å². The summed E-state index contributed by atoms with van der Waals surface area (Å²) in [6, 6.07) is 0. The van der Waals surface area contributed by atoms with Gasteiger partial charge >= 0.3 is 17.4 Å². The van der Waals surface area contributed by atoms with Gasteiger partial charge in [-0.3, -0.25) is 0 Å². The van der Waals surface area contributed by atoms with Crippen LogP contribution in [-0.4, -0.2) is 75.8 Å². The van der Waals surface area contributed by atoms with Crippen LogP contribution in [0.25, 0.3) is 0 Å². The van der Waals surface area contributed by atoms with Gasteiger partial charge in [-0.15, -0.1) is 0 Å². The molecule has 22 heavy (non-hydrogen) atoms. The van der Waals surface area contributed by atoms with Gasteiger partial charge in [-0.1, -0.05) is 0 Å². The Morgan fingerprint density at radius 1 is 0.955 bits per heavy atom. The highest BCUT2D eigenvalue weighted by atomic mass is 32.2. The molecule has 0 saturated heterocycles. The summed E-state index contributed by atoms with van der Waals surface area (Å²) in [4.78, 5) is 0. The summed E-state index contributed by atoms with van der Waals surface area (Å²) in [7, 11) is -0.513.